The number of para-hydroxylation sites is 1. The monoisotopic (exact) mass is 401 g/mol. The van der Waals surface area contributed by atoms with Gasteiger partial charge in [-0.25, -0.2) is 0 Å². The van der Waals surface area contributed by atoms with Crippen LogP contribution < -0.4 is 16.4 Å². The Hall–Kier alpha value is -3.07. The largest absolute Gasteiger partial charge is 0.505 e. The van der Waals surface area contributed by atoms with Crippen molar-refractivity contribution in [1.82, 2.24) is 8.75 Å². The molecule has 0 radical (unpaired) electrons. The summed E-state index contributed by atoms with van der Waals surface area (Å²) in [6.45, 7) is 8.10. The first-order valence-corrected chi connectivity index (χ1v) is 9.55. The third kappa shape index (κ3) is 3.94. The number of nitrogens with one attached hydrogen (secondary N) is 2. The molecular weight excluding hydrogens is 378 g/mol. The number of aryl methyl sites for hydroxylation is 2. The molecule has 0 aliphatic carbocycles. The smallest absolute Gasteiger partial charge is 0.252 e. The summed E-state index contributed by atoms with van der Waals surface area (Å²) < 4.78 is 14.5. The van der Waals surface area contributed by atoms with Crippen LogP contribution in [0.1, 0.15) is 47.3 Å². The molecule has 0 unspecified atom stereocenters. The van der Waals surface area contributed by atoms with Crippen molar-refractivity contribution in [2.75, 3.05) is 10.6 Å². The number of nitrogens with zero attached hydrogens (tertiary/aromatic N) is 2. The topological polar surface area (TPSA) is 126 Å². The molecule has 8 nitrogen and oxygen atoms in total. The zero-order chi connectivity index (χ0) is 20.4. The lowest BCUT2D eigenvalue weighted by Crippen LogP contribution is -2.17. The Balaban J connectivity index is 1.87. The van der Waals surface area contributed by atoms with Gasteiger partial charge in [0.1, 0.15) is 11.5 Å². The second-order valence-corrected chi connectivity index (χ2v) is 7.43. The Bertz CT molecular complexity index is 976. The number of aromatic hydroxyl groups is 1. The number of benzene rings is 1. The molecule has 1 amide bonds. The highest BCUT2D eigenvalue weighted by atomic mass is 32.1. The average Bonchev–Trinajstić information content (AvgIpc) is 3.20. The second kappa shape index (κ2) is 7.89. The number of nitrogens with two attached hydrogens (primary N) is 1. The number of aromatic nitrogens is 2. The first-order valence-electron chi connectivity index (χ1n) is 8.82. The summed E-state index contributed by atoms with van der Waals surface area (Å²) in [6, 6.07) is 6.62. The van der Waals surface area contributed by atoms with Crippen LogP contribution in [0.3, 0.4) is 0 Å². The molecule has 28 heavy (non-hydrogen) atoms. The van der Waals surface area contributed by atoms with Gasteiger partial charge >= 0.3 is 0 Å². The first-order chi connectivity index (χ1) is 13.3. The fourth-order valence-electron chi connectivity index (χ4n) is 2.80. The summed E-state index contributed by atoms with van der Waals surface area (Å²) in [7, 11) is 0. The predicted molar refractivity (Wildman–Crippen MR) is 109 cm³/mol. The molecule has 0 aliphatic rings. The van der Waals surface area contributed by atoms with Crippen molar-refractivity contribution >= 4 is 35.0 Å². The van der Waals surface area contributed by atoms with E-state index in [0.717, 1.165) is 28.8 Å². The van der Waals surface area contributed by atoms with Crippen molar-refractivity contribution in [2.45, 2.75) is 33.7 Å². The minimum Gasteiger partial charge on any atom is -0.505 e. The number of primary amides is 1. The molecule has 1 aromatic carbocycles. The van der Waals surface area contributed by atoms with Crippen molar-refractivity contribution in [2.24, 2.45) is 11.7 Å². The molecule has 2 heterocycles. The van der Waals surface area contributed by atoms with Gasteiger partial charge in [0, 0.05) is 0 Å². The van der Waals surface area contributed by atoms with Crippen LogP contribution in [-0.2, 0) is 0 Å². The number of phenols is 1. The molecule has 3 aromatic rings. The Morgan fingerprint density at radius 2 is 1.96 bits per heavy atom. The lowest BCUT2D eigenvalue weighted by molar-refractivity contribution is 0.0998. The van der Waals surface area contributed by atoms with Crippen molar-refractivity contribution in [3.05, 3.63) is 46.9 Å². The minimum absolute atomic E-state index is 0.0318. The summed E-state index contributed by atoms with van der Waals surface area (Å²) >= 11 is 1.03. The van der Waals surface area contributed by atoms with Gasteiger partial charge in [-0.2, -0.15) is 8.75 Å². The van der Waals surface area contributed by atoms with E-state index >= 15 is 0 Å². The van der Waals surface area contributed by atoms with Gasteiger partial charge < -0.3 is 25.9 Å². The van der Waals surface area contributed by atoms with Crippen molar-refractivity contribution < 1.29 is 14.3 Å². The third-order valence-electron chi connectivity index (χ3n) is 4.49. The van der Waals surface area contributed by atoms with E-state index in [4.69, 9.17) is 10.2 Å². The molecule has 0 aliphatic heterocycles. The normalized spacial score (nSPS) is 12.2. The SMILES string of the molecule is Cc1cc([C@H](Nc2nsnc2Nc2cccc(C(N)=O)c2O)C(C)C)oc1C. The number of amides is 1. The lowest BCUT2D eigenvalue weighted by atomic mass is 10.0. The fourth-order valence-corrected chi connectivity index (χ4v) is 3.28. The summed E-state index contributed by atoms with van der Waals surface area (Å²) in [6.07, 6.45) is 0. The quantitative estimate of drug-likeness (QED) is 0.439. The molecule has 0 saturated heterocycles. The zero-order valence-electron chi connectivity index (χ0n) is 16.1. The molecular formula is C19H23N5O3S. The second-order valence-electron chi connectivity index (χ2n) is 6.91. The summed E-state index contributed by atoms with van der Waals surface area (Å²) in [5.41, 5.74) is 6.73. The van der Waals surface area contributed by atoms with Crippen LogP contribution in [0.25, 0.3) is 0 Å². The first kappa shape index (κ1) is 19.7. The van der Waals surface area contributed by atoms with Gasteiger partial charge in [-0.1, -0.05) is 19.9 Å². The number of anilines is 3. The number of hydrogen-bond acceptors (Lipinski definition) is 8. The predicted octanol–water partition coefficient (Wildman–Crippen LogP) is 4.11. The van der Waals surface area contributed by atoms with E-state index in [2.05, 4.69) is 33.2 Å². The molecule has 5 N–H and O–H groups in total. The van der Waals surface area contributed by atoms with E-state index in [9.17, 15) is 9.90 Å². The van der Waals surface area contributed by atoms with E-state index in [1.54, 1.807) is 12.1 Å². The van der Waals surface area contributed by atoms with Gasteiger partial charge in [0.05, 0.1) is 29.0 Å². The van der Waals surface area contributed by atoms with E-state index < -0.39 is 5.91 Å². The molecule has 0 saturated carbocycles. The Labute approximate surface area is 167 Å². The molecule has 9 heteroatoms. The summed E-state index contributed by atoms with van der Waals surface area (Å²) in [4.78, 5) is 11.4. The maximum Gasteiger partial charge on any atom is 0.252 e. The Morgan fingerprint density at radius 3 is 2.57 bits per heavy atom. The number of rotatable bonds is 7. The highest BCUT2D eigenvalue weighted by Crippen LogP contribution is 2.35. The van der Waals surface area contributed by atoms with Crippen LogP contribution in [0.2, 0.25) is 0 Å². The van der Waals surface area contributed by atoms with Crippen molar-refractivity contribution in [3.8, 4) is 5.75 Å². The van der Waals surface area contributed by atoms with Gasteiger partial charge in [-0.3, -0.25) is 4.79 Å². The maximum absolute atomic E-state index is 11.4. The van der Waals surface area contributed by atoms with Crippen molar-refractivity contribution in [3.63, 3.8) is 0 Å². The van der Waals surface area contributed by atoms with Crippen LogP contribution in [-0.4, -0.2) is 19.8 Å². The zero-order valence-corrected chi connectivity index (χ0v) is 16.9. The van der Waals surface area contributed by atoms with Crippen LogP contribution in [0.4, 0.5) is 17.3 Å². The number of furan rings is 1. The minimum atomic E-state index is -0.709. The number of carbonyl (C=O) groups is 1. The molecule has 3 rings (SSSR count). The third-order valence-corrected chi connectivity index (χ3v) is 5.02. The summed E-state index contributed by atoms with van der Waals surface area (Å²) in [5, 5.41) is 16.7. The summed E-state index contributed by atoms with van der Waals surface area (Å²) in [5.74, 6) is 1.96. The van der Waals surface area contributed by atoms with Gasteiger partial charge in [0.2, 0.25) is 0 Å². The molecule has 2 aromatic heterocycles. The molecule has 0 bridgehead atoms. The van der Waals surface area contributed by atoms with E-state index in [0.29, 0.717) is 17.3 Å². The molecule has 148 valence electrons. The highest BCUT2D eigenvalue weighted by Gasteiger charge is 2.23. The van der Waals surface area contributed by atoms with Gasteiger partial charge in [-0.05, 0) is 43.5 Å². The van der Waals surface area contributed by atoms with Crippen molar-refractivity contribution in [1.29, 1.82) is 0 Å². The molecule has 0 spiro atoms. The standard InChI is InChI=1S/C19H23N5O3S/c1-9(2)15(14-8-10(3)11(4)27-14)22-19-18(23-28-24-19)21-13-7-5-6-12(16(13)25)17(20)26/h5-9,15,25H,1-4H3,(H2,20,26)(H,21,23)(H,22,24)/t15-/m1/s1. The number of hydrogen-bond donors (Lipinski definition) is 4. The van der Waals surface area contributed by atoms with E-state index in [1.165, 1.54) is 6.07 Å². The van der Waals surface area contributed by atoms with Crippen LogP contribution in [0, 0.1) is 19.8 Å². The van der Waals surface area contributed by atoms with Gasteiger partial charge in [-0.15, -0.1) is 0 Å². The van der Waals surface area contributed by atoms with E-state index in [-0.39, 0.29) is 23.3 Å². The maximum atomic E-state index is 11.4. The van der Waals surface area contributed by atoms with Gasteiger partial charge in [0.15, 0.2) is 17.4 Å². The molecule has 0 fully saturated rings. The highest BCUT2D eigenvalue weighted by molar-refractivity contribution is 6.99. The molecule has 1 atom stereocenters. The van der Waals surface area contributed by atoms with Crippen LogP contribution in [0.15, 0.2) is 28.7 Å². The Kier molecular flexibility index (Phi) is 5.55. The Morgan fingerprint density at radius 1 is 1.25 bits per heavy atom. The van der Waals surface area contributed by atoms with E-state index in [1.807, 2.05) is 19.9 Å². The lowest BCUT2D eigenvalue weighted by Gasteiger charge is -2.20. The van der Waals surface area contributed by atoms with Gasteiger partial charge in [0.25, 0.3) is 5.91 Å². The average molecular weight is 401 g/mol. The van der Waals surface area contributed by atoms with Crippen LogP contribution >= 0.6 is 11.7 Å². The number of carbonyl (C=O) groups excluding carboxylic acids is 1. The fraction of sp³-hybridized carbons (Fsp3) is 0.316. The van der Waals surface area contributed by atoms with Crippen LogP contribution in [0.5, 0.6) is 5.75 Å².